The monoisotopic (exact) mass is 271 g/mol. The number of hydrogen-bond donors (Lipinski definition) is 3. The Morgan fingerprint density at radius 3 is 2.89 bits per heavy atom. The molecule has 0 aromatic heterocycles. The third-order valence-corrected chi connectivity index (χ3v) is 2.62. The number of hydrazine groups is 1. The number of carbonyl (C=O) groups is 1. The quantitative estimate of drug-likeness (QED) is 0.544. The molecule has 1 atom stereocenters. The number of amides is 1. The van der Waals surface area contributed by atoms with Crippen molar-refractivity contribution < 1.29 is 9.53 Å². The summed E-state index contributed by atoms with van der Waals surface area (Å²) in [5.41, 5.74) is 3.41. The molecular formula is C12H18ClN3O2. The van der Waals surface area contributed by atoms with Gasteiger partial charge in [-0.15, -0.1) is 0 Å². The van der Waals surface area contributed by atoms with Crippen molar-refractivity contribution >= 4 is 23.2 Å². The molecule has 0 saturated heterocycles. The molecule has 0 aliphatic rings. The number of ether oxygens (including phenoxy) is 1. The van der Waals surface area contributed by atoms with Crippen LogP contribution in [0.4, 0.5) is 5.69 Å². The Bertz CT molecular complexity index is 412. The van der Waals surface area contributed by atoms with Crippen molar-refractivity contribution in [2.45, 2.75) is 20.0 Å². The molecule has 1 aromatic rings. The minimum atomic E-state index is -0.239. The molecule has 0 radical (unpaired) electrons. The first-order valence-electron chi connectivity index (χ1n) is 5.74. The van der Waals surface area contributed by atoms with E-state index in [0.717, 1.165) is 0 Å². The molecular weight excluding hydrogens is 254 g/mol. The lowest BCUT2D eigenvalue weighted by Gasteiger charge is -2.14. The molecule has 4 N–H and O–H groups in total. The van der Waals surface area contributed by atoms with Crippen LogP contribution in [0.3, 0.4) is 0 Å². The fraction of sp³-hybridized carbons (Fsp3) is 0.417. The smallest absolute Gasteiger partial charge is 0.253 e. The Morgan fingerprint density at radius 2 is 2.28 bits per heavy atom. The standard InChI is InChI=1S/C12H18ClN3O2/c1-3-18-8(2)7-15-12(17)10-6-9(13)4-5-11(10)16-14/h4-6,8,16H,3,7,14H2,1-2H3,(H,15,17). The van der Waals surface area contributed by atoms with Gasteiger partial charge in [0.2, 0.25) is 0 Å². The fourth-order valence-corrected chi connectivity index (χ4v) is 1.68. The lowest BCUT2D eigenvalue weighted by atomic mass is 10.1. The van der Waals surface area contributed by atoms with Crippen molar-refractivity contribution in [3.8, 4) is 0 Å². The summed E-state index contributed by atoms with van der Waals surface area (Å²) in [6, 6.07) is 4.89. The van der Waals surface area contributed by atoms with Gasteiger partial charge in [0, 0.05) is 18.2 Å². The fourth-order valence-electron chi connectivity index (χ4n) is 1.51. The van der Waals surface area contributed by atoms with Crippen LogP contribution >= 0.6 is 11.6 Å². The molecule has 1 amide bonds. The van der Waals surface area contributed by atoms with E-state index in [2.05, 4.69) is 10.7 Å². The van der Waals surface area contributed by atoms with Crippen molar-refractivity contribution in [2.75, 3.05) is 18.6 Å². The van der Waals surface area contributed by atoms with E-state index in [4.69, 9.17) is 22.2 Å². The van der Waals surface area contributed by atoms with Crippen LogP contribution in [0.15, 0.2) is 18.2 Å². The number of halogens is 1. The second-order valence-corrected chi connectivity index (χ2v) is 4.25. The number of rotatable bonds is 6. The number of nitrogens with two attached hydrogens (primary N) is 1. The zero-order valence-corrected chi connectivity index (χ0v) is 11.3. The highest BCUT2D eigenvalue weighted by Crippen LogP contribution is 2.19. The largest absolute Gasteiger partial charge is 0.377 e. The molecule has 1 unspecified atom stereocenters. The van der Waals surface area contributed by atoms with Gasteiger partial charge in [-0.05, 0) is 32.0 Å². The number of nitrogen functional groups attached to an aromatic ring is 1. The van der Waals surface area contributed by atoms with Crippen molar-refractivity contribution in [1.29, 1.82) is 0 Å². The van der Waals surface area contributed by atoms with Gasteiger partial charge in [-0.3, -0.25) is 10.6 Å². The van der Waals surface area contributed by atoms with Gasteiger partial charge < -0.3 is 15.5 Å². The van der Waals surface area contributed by atoms with Crippen molar-refractivity contribution in [3.63, 3.8) is 0 Å². The van der Waals surface area contributed by atoms with Crippen molar-refractivity contribution in [1.82, 2.24) is 5.32 Å². The third-order valence-electron chi connectivity index (χ3n) is 2.38. The summed E-state index contributed by atoms with van der Waals surface area (Å²) < 4.78 is 5.33. The predicted molar refractivity (Wildman–Crippen MR) is 72.7 cm³/mol. The van der Waals surface area contributed by atoms with Crippen LogP contribution in [-0.2, 0) is 4.74 Å². The first-order valence-corrected chi connectivity index (χ1v) is 6.12. The highest BCUT2D eigenvalue weighted by Gasteiger charge is 2.12. The van der Waals surface area contributed by atoms with Gasteiger partial charge in [0.05, 0.1) is 17.4 Å². The molecule has 100 valence electrons. The van der Waals surface area contributed by atoms with E-state index in [-0.39, 0.29) is 12.0 Å². The van der Waals surface area contributed by atoms with Gasteiger partial charge >= 0.3 is 0 Å². The molecule has 18 heavy (non-hydrogen) atoms. The van der Waals surface area contributed by atoms with E-state index in [9.17, 15) is 4.79 Å². The zero-order valence-electron chi connectivity index (χ0n) is 10.5. The summed E-state index contributed by atoms with van der Waals surface area (Å²) in [7, 11) is 0. The average molecular weight is 272 g/mol. The van der Waals surface area contributed by atoms with E-state index in [1.54, 1.807) is 18.2 Å². The Balaban J connectivity index is 2.68. The third kappa shape index (κ3) is 4.18. The number of hydrogen-bond acceptors (Lipinski definition) is 4. The summed E-state index contributed by atoms with van der Waals surface area (Å²) in [5, 5.41) is 3.25. The van der Waals surface area contributed by atoms with E-state index in [0.29, 0.717) is 29.4 Å². The van der Waals surface area contributed by atoms with Crippen LogP contribution in [0, 0.1) is 0 Å². The normalized spacial score (nSPS) is 12.0. The SMILES string of the molecule is CCOC(C)CNC(=O)c1cc(Cl)ccc1NN. The Hall–Kier alpha value is -1.30. The second kappa shape index (κ2) is 7.20. The van der Waals surface area contributed by atoms with Gasteiger partial charge in [0.25, 0.3) is 5.91 Å². The molecule has 5 nitrogen and oxygen atoms in total. The van der Waals surface area contributed by atoms with Gasteiger partial charge in [0.1, 0.15) is 0 Å². The maximum absolute atomic E-state index is 12.0. The highest BCUT2D eigenvalue weighted by molar-refractivity contribution is 6.31. The summed E-state index contributed by atoms with van der Waals surface area (Å²) in [5.74, 6) is 5.11. The van der Waals surface area contributed by atoms with Gasteiger partial charge in [0.15, 0.2) is 0 Å². The Kier molecular flexibility index (Phi) is 5.91. The molecule has 1 rings (SSSR count). The van der Waals surface area contributed by atoms with Crippen LogP contribution in [0.5, 0.6) is 0 Å². The van der Waals surface area contributed by atoms with Crippen LogP contribution in [0.25, 0.3) is 0 Å². The highest BCUT2D eigenvalue weighted by atomic mass is 35.5. The van der Waals surface area contributed by atoms with Crippen LogP contribution < -0.4 is 16.6 Å². The van der Waals surface area contributed by atoms with Crippen molar-refractivity contribution in [3.05, 3.63) is 28.8 Å². The summed E-state index contributed by atoms with van der Waals surface area (Å²) in [4.78, 5) is 12.0. The van der Waals surface area contributed by atoms with Crippen LogP contribution in [-0.4, -0.2) is 25.2 Å². The van der Waals surface area contributed by atoms with E-state index in [1.165, 1.54) is 0 Å². The Labute approximate surface area is 112 Å². The lowest BCUT2D eigenvalue weighted by Crippen LogP contribution is -2.32. The number of benzene rings is 1. The van der Waals surface area contributed by atoms with Crippen LogP contribution in [0.2, 0.25) is 5.02 Å². The van der Waals surface area contributed by atoms with Crippen LogP contribution in [0.1, 0.15) is 24.2 Å². The number of carbonyl (C=O) groups excluding carboxylic acids is 1. The molecule has 0 bridgehead atoms. The van der Waals surface area contributed by atoms with Gasteiger partial charge in [-0.25, -0.2) is 0 Å². The van der Waals surface area contributed by atoms with Crippen molar-refractivity contribution in [2.24, 2.45) is 5.84 Å². The zero-order chi connectivity index (χ0) is 13.5. The maximum atomic E-state index is 12.0. The molecule has 1 aromatic carbocycles. The first kappa shape index (κ1) is 14.8. The van der Waals surface area contributed by atoms with Gasteiger partial charge in [-0.2, -0.15) is 0 Å². The number of nitrogens with one attached hydrogen (secondary N) is 2. The molecule has 0 spiro atoms. The molecule has 0 saturated carbocycles. The lowest BCUT2D eigenvalue weighted by molar-refractivity contribution is 0.0695. The first-order chi connectivity index (χ1) is 8.58. The molecule has 6 heteroatoms. The minimum absolute atomic E-state index is 0.0348. The summed E-state index contributed by atoms with van der Waals surface area (Å²) >= 11 is 5.86. The average Bonchev–Trinajstić information content (AvgIpc) is 2.36. The summed E-state index contributed by atoms with van der Waals surface area (Å²) in [6.45, 7) is 4.85. The van der Waals surface area contributed by atoms with Gasteiger partial charge in [-0.1, -0.05) is 11.6 Å². The van der Waals surface area contributed by atoms with E-state index < -0.39 is 0 Å². The maximum Gasteiger partial charge on any atom is 0.253 e. The molecule has 0 fully saturated rings. The topological polar surface area (TPSA) is 76.4 Å². The summed E-state index contributed by atoms with van der Waals surface area (Å²) in [6.07, 6.45) is -0.0348. The molecule has 0 heterocycles. The van der Waals surface area contributed by atoms with E-state index in [1.807, 2.05) is 13.8 Å². The van der Waals surface area contributed by atoms with E-state index >= 15 is 0 Å². The molecule has 0 aliphatic carbocycles. The number of anilines is 1. The molecule has 0 aliphatic heterocycles. The Morgan fingerprint density at radius 1 is 1.56 bits per heavy atom. The second-order valence-electron chi connectivity index (χ2n) is 3.81. The predicted octanol–water partition coefficient (Wildman–Crippen LogP) is 1.78. The minimum Gasteiger partial charge on any atom is -0.377 e.